The van der Waals surface area contributed by atoms with Crippen molar-refractivity contribution < 1.29 is 28.8 Å². The zero-order chi connectivity index (χ0) is 35.0. The number of Topliss-reactive ketones (excluding diaryl/α,β-unsaturated/α-hetero) is 1. The molecule has 3 saturated carbocycles. The molecule has 6 amide bonds. The minimum atomic E-state index is -1.09. The fourth-order valence-electron chi connectivity index (χ4n) is 7.56. The summed E-state index contributed by atoms with van der Waals surface area (Å²) >= 11 is 0. The molecule has 4 fully saturated rings. The van der Waals surface area contributed by atoms with E-state index in [1.54, 1.807) is 11.9 Å². The fourth-order valence-corrected chi connectivity index (χ4v) is 7.56. The Hall–Kier alpha value is -3.18. The molecule has 4 aliphatic rings. The summed E-state index contributed by atoms with van der Waals surface area (Å²) in [6, 6.07) is -4.32. The van der Waals surface area contributed by atoms with Crippen LogP contribution in [0.1, 0.15) is 99.8 Å². The molecule has 1 heterocycles. The lowest BCUT2D eigenvalue weighted by molar-refractivity contribution is -0.145. The van der Waals surface area contributed by atoms with Crippen molar-refractivity contribution in [3.63, 3.8) is 0 Å². The zero-order valence-electron chi connectivity index (χ0n) is 29.7. The molecular formula is C35H58N6O6. The Kier molecular flexibility index (Phi) is 11.0. The number of hydrogen-bond donors (Lipinski definition) is 4. The second-order valence-electron chi connectivity index (χ2n) is 16.7. The fraction of sp³-hybridized carbons (Fsp3) is 0.829. The smallest absolute Gasteiger partial charge is 0.316 e. The van der Waals surface area contributed by atoms with E-state index in [2.05, 4.69) is 29.8 Å². The first kappa shape index (κ1) is 36.7. The number of nitrogens with zero attached hydrogens (tertiary/aromatic N) is 2. The van der Waals surface area contributed by atoms with Gasteiger partial charge in [0.1, 0.15) is 18.1 Å². The average Bonchev–Trinajstić information content (AvgIpc) is 3.80. The Labute approximate surface area is 280 Å². The molecule has 0 spiro atoms. The van der Waals surface area contributed by atoms with Gasteiger partial charge in [-0.15, -0.1) is 0 Å². The van der Waals surface area contributed by atoms with Crippen LogP contribution in [0.15, 0.2) is 0 Å². The second kappa shape index (κ2) is 14.1. The van der Waals surface area contributed by atoms with Crippen LogP contribution in [0.4, 0.5) is 4.79 Å². The Bertz CT molecular complexity index is 1240. The number of nitrogens with two attached hydrogens (primary N) is 1. The predicted molar refractivity (Wildman–Crippen MR) is 177 cm³/mol. The van der Waals surface area contributed by atoms with E-state index in [9.17, 15) is 28.8 Å². The normalized spacial score (nSPS) is 25.1. The number of likely N-dealkylation sites (tertiary alicyclic amines) is 1. The van der Waals surface area contributed by atoms with E-state index in [1.807, 2.05) is 34.6 Å². The summed E-state index contributed by atoms with van der Waals surface area (Å²) in [5, 5.41) is 8.46. The van der Waals surface area contributed by atoms with Gasteiger partial charge in [-0.1, -0.05) is 80.6 Å². The maximum Gasteiger partial charge on any atom is 0.316 e. The van der Waals surface area contributed by atoms with Crippen molar-refractivity contribution in [2.45, 2.75) is 124 Å². The van der Waals surface area contributed by atoms with Crippen molar-refractivity contribution in [3.05, 3.63) is 0 Å². The summed E-state index contributed by atoms with van der Waals surface area (Å²) in [7, 11) is 1.75. The molecule has 5 N–H and O–H groups in total. The number of fused-ring (bicyclic) bond motifs is 1. The first-order valence-corrected chi connectivity index (χ1v) is 17.6. The van der Waals surface area contributed by atoms with Gasteiger partial charge in [-0.3, -0.25) is 24.0 Å². The number of carbonyl (C=O) groups excluding carboxylic acids is 6. The quantitative estimate of drug-likeness (QED) is 0.197. The number of rotatable bonds is 15. The molecular weight excluding hydrogens is 600 g/mol. The lowest BCUT2D eigenvalue weighted by Gasteiger charge is -2.38. The molecule has 0 aromatic rings. The summed E-state index contributed by atoms with van der Waals surface area (Å²) in [4.78, 5) is 82.8. The van der Waals surface area contributed by atoms with Gasteiger partial charge in [-0.2, -0.15) is 0 Å². The second-order valence-corrected chi connectivity index (χ2v) is 16.7. The molecule has 1 unspecified atom stereocenters. The minimum absolute atomic E-state index is 0.0745. The van der Waals surface area contributed by atoms with Crippen LogP contribution in [0.25, 0.3) is 0 Å². The van der Waals surface area contributed by atoms with Crippen molar-refractivity contribution >= 4 is 35.4 Å². The van der Waals surface area contributed by atoms with E-state index in [0.29, 0.717) is 37.8 Å². The van der Waals surface area contributed by atoms with E-state index < -0.39 is 59.1 Å². The van der Waals surface area contributed by atoms with E-state index in [-0.39, 0.29) is 29.1 Å². The van der Waals surface area contributed by atoms with Gasteiger partial charge in [-0.05, 0) is 59.7 Å². The lowest BCUT2D eigenvalue weighted by atomic mass is 9.81. The highest BCUT2D eigenvalue weighted by Gasteiger charge is 2.70. The summed E-state index contributed by atoms with van der Waals surface area (Å²) in [6.07, 6.45) is 7.63. The molecule has 4 rings (SSSR count). The van der Waals surface area contributed by atoms with Crippen LogP contribution in [-0.4, -0.2) is 89.5 Å². The van der Waals surface area contributed by atoms with Crippen LogP contribution < -0.4 is 21.7 Å². The zero-order valence-corrected chi connectivity index (χ0v) is 29.7. The van der Waals surface area contributed by atoms with Crippen molar-refractivity contribution in [2.75, 3.05) is 20.1 Å². The van der Waals surface area contributed by atoms with Crippen LogP contribution in [-0.2, 0) is 24.0 Å². The third-order valence-electron chi connectivity index (χ3n) is 11.2. The molecule has 47 heavy (non-hydrogen) atoms. The number of likely N-dealkylation sites (N-methyl/N-ethyl adjacent to an activating group) is 1. The number of carbonyl (C=O) groups is 6. The van der Waals surface area contributed by atoms with Gasteiger partial charge in [0.05, 0.1) is 6.04 Å². The number of urea groups is 1. The predicted octanol–water partition coefficient (Wildman–Crippen LogP) is 2.59. The van der Waals surface area contributed by atoms with Crippen LogP contribution in [0.3, 0.4) is 0 Å². The average molecular weight is 659 g/mol. The minimum Gasteiger partial charge on any atom is -0.363 e. The first-order chi connectivity index (χ1) is 21.8. The van der Waals surface area contributed by atoms with Crippen molar-refractivity contribution in [2.24, 2.45) is 46.2 Å². The van der Waals surface area contributed by atoms with E-state index in [1.165, 1.54) is 11.3 Å². The SMILES string of the molecule is CC(C)[C@H](NC(=O)N[C@H](C(=O)N1C[C@H]2[C@@H]([C@H]1C(=O)NC(CCCC1CCC1)C(=O)C(N)=O)C2(C)C)C(C)(C)C)C(=O)N(C)CC1CC1. The van der Waals surface area contributed by atoms with Gasteiger partial charge in [-0.25, -0.2) is 4.79 Å². The van der Waals surface area contributed by atoms with E-state index >= 15 is 0 Å². The topological polar surface area (TPSA) is 171 Å². The molecule has 12 heteroatoms. The number of hydrogen-bond acceptors (Lipinski definition) is 6. The number of nitrogens with one attached hydrogen (secondary N) is 3. The van der Waals surface area contributed by atoms with Gasteiger partial charge in [0.25, 0.3) is 5.91 Å². The molecule has 6 atom stereocenters. The summed E-state index contributed by atoms with van der Waals surface area (Å²) < 4.78 is 0. The highest BCUT2D eigenvalue weighted by Crippen LogP contribution is 2.65. The Morgan fingerprint density at radius 1 is 0.957 bits per heavy atom. The first-order valence-electron chi connectivity index (χ1n) is 17.6. The Morgan fingerprint density at radius 3 is 2.11 bits per heavy atom. The third-order valence-corrected chi connectivity index (χ3v) is 11.2. The number of amides is 6. The monoisotopic (exact) mass is 658 g/mol. The number of ketones is 1. The summed E-state index contributed by atoms with van der Waals surface area (Å²) in [5.74, 6) is -2.11. The molecule has 0 aromatic heterocycles. The van der Waals surface area contributed by atoms with Gasteiger partial charge in [0.2, 0.25) is 23.5 Å². The maximum absolute atomic E-state index is 14.3. The standard InChI is InChI=1S/C35H58N6O6/c1-19(2)25(31(45)40(8)17-21-15-16-21)38-33(47)39-28(34(3,4)5)32(46)41-18-22-24(35(22,6)7)26(41)30(44)37-23(27(42)29(36)43)14-10-13-20-11-9-12-20/h19-26,28H,9-18H2,1-8H3,(H2,36,43)(H,37,44)(H2,38,39,47)/t22-,23?,24-,25-,26-,28+/m0/s1. The van der Waals surface area contributed by atoms with Crippen LogP contribution in [0.5, 0.6) is 0 Å². The highest BCUT2D eigenvalue weighted by molar-refractivity contribution is 6.37. The molecule has 0 aromatic carbocycles. The molecule has 0 radical (unpaired) electrons. The molecule has 264 valence electrons. The lowest BCUT2D eigenvalue weighted by Crippen LogP contribution is -2.62. The maximum atomic E-state index is 14.3. The molecule has 1 saturated heterocycles. The molecule has 1 aliphatic heterocycles. The van der Waals surface area contributed by atoms with Crippen molar-refractivity contribution in [1.29, 1.82) is 0 Å². The van der Waals surface area contributed by atoms with Gasteiger partial charge in [0, 0.05) is 20.1 Å². The molecule has 3 aliphatic carbocycles. The Morgan fingerprint density at radius 2 is 1.60 bits per heavy atom. The van der Waals surface area contributed by atoms with Gasteiger partial charge in [0.15, 0.2) is 0 Å². The number of piperidine rings is 1. The summed E-state index contributed by atoms with van der Waals surface area (Å²) in [6.45, 7) is 14.3. The third kappa shape index (κ3) is 8.46. The van der Waals surface area contributed by atoms with Crippen LogP contribution in [0, 0.1) is 40.4 Å². The van der Waals surface area contributed by atoms with Gasteiger partial charge < -0.3 is 31.5 Å². The van der Waals surface area contributed by atoms with E-state index in [0.717, 1.165) is 32.1 Å². The van der Waals surface area contributed by atoms with Crippen LogP contribution in [0.2, 0.25) is 0 Å². The Balaban J connectivity index is 1.48. The van der Waals surface area contributed by atoms with Gasteiger partial charge >= 0.3 is 6.03 Å². The van der Waals surface area contributed by atoms with E-state index in [4.69, 9.17) is 5.73 Å². The van der Waals surface area contributed by atoms with Crippen molar-refractivity contribution in [1.82, 2.24) is 25.8 Å². The molecule has 12 nitrogen and oxygen atoms in total. The molecule has 0 bridgehead atoms. The van der Waals surface area contributed by atoms with Crippen molar-refractivity contribution in [3.8, 4) is 0 Å². The largest absolute Gasteiger partial charge is 0.363 e. The number of primary amides is 1. The van der Waals surface area contributed by atoms with Crippen LogP contribution >= 0.6 is 0 Å². The highest BCUT2D eigenvalue weighted by atomic mass is 16.2. The summed E-state index contributed by atoms with van der Waals surface area (Å²) in [5.41, 5.74) is 4.44.